The third kappa shape index (κ3) is 17.1. The van der Waals surface area contributed by atoms with E-state index >= 15 is 0 Å². The third-order valence-electron chi connectivity index (χ3n) is 7.45. The monoisotopic (exact) mass is 721 g/mol. The topological polar surface area (TPSA) is 327 Å². The van der Waals surface area contributed by atoms with Crippen LogP contribution >= 0.6 is 0 Å². The first-order valence-corrected chi connectivity index (χ1v) is 16.2. The predicted molar refractivity (Wildman–Crippen MR) is 178 cm³/mol. The summed E-state index contributed by atoms with van der Waals surface area (Å²) in [6.45, 7) is 3.11. The third-order valence-corrected chi connectivity index (χ3v) is 7.45. The van der Waals surface area contributed by atoms with Gasteiger partial charge in [-0.25, -0.2) is 4.79 Å². The van der Waals surface area contributed by atoms with E-state index in [1.165, 1.54) is 6.92 Å². The Balaban J connectivity index is 3.14. The molecule has 0 bridgehead atoms. The molecule has 0 aliphatic carbocycles. The second kappa shape index (κ2) is 22.2. The zero-order valence-electron chi connectivity index (χ0n) is 28.4. The van der Waals surface area contributed by atoms with Crippen molar-refractivity contribution >= 4 is 53.4 Å². The van der Waals surface area contributed by atoms with Gasteiger partial charge in [-0.05, 0) is 31.7 Å². The zero-order valence-corrected chi connectivity index (χ0v) is 28.4. The van der Waals surface area contributed by atoms with Crippen LogP contribution in [0.4, 0.5) is 0 Å². The number of carboxylic acids is 3. The van der Waals surface area contributed by atoms with Crippen molar-refractivity contribution in [2.45, 2.75) is 108 Å². The molecule has 1 aromatic carbocycles. The molecule has 0 spiro atoms. The summed E-state index contributed by atoms with van der Waals surface area (Å²) in [6, 6.07) is 0.0284. The second-order valence-corrected chi connectivity index (χ2v) is 11.8. The maximum absolute atomic E-state index is 13.3. The van der Waals surface area contributed by atoms with Gasteiger partial charge in [-0.1, -0.05) is 50.1 Å². The molecule has 51 heavy (non-hydrogen) atoms. The molecule has 1 rings (SSSR count). The number of rotatable bonds is 24. The van der Waals surface area contributed by atoms with Crippen LogP contribution in [-0.2, 0) is 49.6 Å². The normalized spacial score (nSPS) is 14.3. The average molecular weight is 722 g/mol. The summed E-state index contributed by atoms with van der Waals surface area (Å²) in [5.41, 5.74) is 11.3. The van der Waals surface area contributed by atoms with Crippen molar-refractivity contribution in [2.24, 2.45) is 11.5 Å². The molecular weight excluding hydrogens is 674 g/mol. The van der Waals surface area contributed by atoms with Crippen molar-refractivity contribution in [1.29, 1.82) is 0 Å². The van der Waals surface area contributed by atoms with Crippen molar-refractivity contribution < 1.29 is 58.5 Å². The van der Waals surface area contributed by atoms with E-state index in [0.29, 0.717) is 18.4 Å². The number of benzene rings is 1. The Labute approximate surface area is 293 Å². The molecule has 12 N–H and O–H groups in total. The van der Waals surface area contributed by atoms with Gasteiger partial charge in [0.25, 0.3) is 0 Å². The molecule has 282 valence electrons. The minimum absolute atomic E-state index is 0.0709. The highest BCUT2D eigenvalue weighted by Crippen LogP contribution is 2.08. The second-order valence-electron chi connectivity index (χ2n) is 11.8. The van der Waals surface area contributed by atoms with Gasteiger partial charge in [-0.15, -0.1) is 0 Å². The highest BCUT2D eigenvalue weighted by molar-refractivity contribution is 5.96. The van der Waals surface area contributed by atoms with Crippen molar-refractivity contribution in [3.05, 3.63) is 35.9 Å². The van der Waals surface area contributed by atoms with Crippen LogP contribution < -0.4 is 38.1 Å². The summed E-state index contributed by atoms with van der Waals surface area (Å²) in [7, 11) is 0. The molecule has 0 heterocycles. The minimum Gasteiger partial charge on any atom is -0.481 e. The van der Waals surface area contributed by atoms with Crippen molar-refractivity contribution in [3.63, 3.8) is 0 Å². The lowest BCUT2D eigenvalue weighted by atomic mass is 10.0. The fourth-order valence-electron chi connectivity index (χ4n) is 4.60. The summed E-state index contributed by atoms with van der Waals surface area (Å²) in [5.74, 6) is -9.41. The van der Waals surface area contributed by atoms with Gasteiger partial charge in [0.05, 0.1) is 12.5 Å². The van der Waals surface area contributed by atoms with Gasteiger partial charge in [0.1, 0.15) is 30.2 Å². The summed E-state index contributed by atoms with van der Waals surface area (Å²) in [6.07, 6.45) is -1.34. The lowest BCUT2D eigenvalue weighted by molar-refractivity contribution is -0.142. The Morgan fingerprint density at radius 3 is 1.71 bits per heavy atom. The molecule has 1 aromatic rings. The average Bonchev–Trinajstić information content (AvgIpc) is 3.05. The Morgan fingerprint density at radius 2 is 1.16 bits per heavy atom. The van der Waals surface area contributed by atoms with E-state index in [-0.39, 0.29) is 25.7 Å². The van der Waals surface area contributed by atoms with E-state index in [9.17, 15) is 48.3 Å². The van der Waals surface area contributed by atoms with Gasteiger partial charge in [-0.3, -0.25) is 38.4 Å². The summed E-state index contributed by atoms with van der Waals surface area (Å²) < 4.78 is 0. The maximum atomic E-state index is 13.3. The van der Waals surface area contributed by atoms with Gasteiger partial charge in [0.15, 0.2) is 0 Å². The standard InChI is InChI=1S/C32H47N7O12/c1-3-4-10-20(37-30(48)21(12-14-25(41)42)36-28(46)19(33)16-26(43)44)29(47)35-17(2)27(45)39-23(15-18-8-6-5-7-9-18)31(49)38-22(32(50)51)11-13-24(34)40/h5-9,17,19-23H,3-4,10-16,33H2,1-2H3,(H2,34,40)(H,35,47)(H,36,46)(H,37,48)(H,38,49)(H,39,45)(H,41,42)(H,43,44)(H,50,51)/t17-,19-,20-,21-,22-,23-/m0/s1. The van der Waals surface area contributed by atoms with Crippen LogP contribution in [0.2, 0.25) is 0 Å². The van der Waals surface area contributed by atoms with Crippen LogP contribution in [0.15, 0.2) is 30.3 Å². The first kappa shape index (κ1) is 43.4. The Hall–Kier alpha value is -5.59. The summed E-state index contributed by atoms with van der Waals surface area (Å²) in [5, 5.41) is 39.5. The number of hydrogen-bond donors (Lipinski definition) is 10. The molecule has 0 aliphatic heterocycles. The van der Waals surface area contributed by atoms with E-state index in [4.69, 9.17) is 21.7 Å². The van der Waals surface area contributed by atoms with Crippen LogP contribution in [0.1, 0.15) is 70.8 Å². The summed E-state index contributed by atoms with van der Waals surface area (Å²) in [4.78, 5) is 111. The highest BCUT2D eigenvalue weighted by atomic mass is 16.4. The molecular formula is C32H47N7O12. The molecule has 6 amide bonds. The van der Waals surface area contributed by atoms with Crippen molar-refractivity contribution in [2.75, 3.05) is 0 Å². The minimum atomic E-state index is -1.54. The van der Waals surface area contributed by atoms with E-state index in [0.717, 1.165) is 0 Å². The fourth-order valence-corrected chi connectivity index (χ4v) is 4.60. The Bertz CT molecular complexity index is 1410. The molecule has 0 aliphatic rings. The number of nitrogens with two attached hydrogens (primary N) is 2. The molecule has 0 aromatic heterocycles. The summed E-state index contributed by atoms with van der Waals surface area (Å²) >= 11 is 0. The number of carboxylic acid groups (broad SMARTS) is 3. The molecule has 0 saturated carbocycles. The van der Waals surface area contributed by atoms with Crippen molar-refractivity contribution in [3.8, 4) is 0 Å². The lowest BCUT2D eigenvalue weighted by Gasteiger charge is -2.26. The number of hydrogen-bond acceptors (Lipinski definition) is 10. The van der Waals surface area contributed by atoms with Crippen LogP contribution in [0.3, 0.4) is 0 Å². The van der Waals surface area contributed by atoms with Crippen LogP contribution in [0, 0.1) is 0 Å². The number of carbonyl (C=O) groups is 9. The molecule has 19 nitrogen and oxygen atoms in total. The molecule has 0 unspecified atom stereocenters. The quantitative estimate of drug-likeness (QED) is 0.0547. The number of unbranched alkanes of at least 4 members (excludes halogenated alkanes) is 1. The zero-order chi connectivity index (χ0) is 38.7. The fraction of sp³-hybridized carbons (Fsp3) is 0.531. The molecule has 0 radical (unpaired) electrons. The molecule has 0 saturated heterocycles. The van der Waals surface area contributed by atoms with E-state index < -0.39 is 109 Å². The SMILES string of the molecule is CCCC[C@H](NC(=O)[C@H](CCC(=O)O)NC(=O)[C@@H](N)CC(=O)O)C(=O)N[C@@H](C)C(=O)N[C@@H](Cc1ccccc1)C(=O)N[C@@H](CCC(N)=O)C(=O)O. The van der Waals surface area contributed by atoms with Crippen LogP contribution in [0.25, 0.3) is 0 Å². The number of carbonyl (C=O) groups excluding carboxylic acids is 6. The van der Waals surface area contributed by atoms with Gasteiger partial charge in [-0.2, -0.15) is 0 Å². The van der Waals surface area contributed by atoms with Gasteiger partial charge < -0.3 is 53.4 Å². The van der Waals surface area contributed by atoms with E-state index in [1.54, 1.807) is 30.3 Å². The number of primary amides is 1. The highest BCUT2D eigenvalue weighted by Gasteiger charge is 2.32. The number of nitrogens with one attached hydrogen (secondary N) is 5. The lowest BCUT2D eigenvalue weighted by Crippen LogP contribution is -2.59. The Morgan fingerprint density at radius 1 is 0.647 bits per heavy atom. The number of amides is 6. The van der Waals surface area contributed by atoms with Gasteiger partial charge >= 0.3 is 17.9 Å². The maximum Gasteiger partial charge on any atom is 0.326 e. The first-order valence-electron chi connectivity index (χ1n) is 16.2. The number of aliphatic carboxylic acids is 3. The first-order chi connectivity index (χ1) is 23.9. The van der Waals surface area contributed by atoms with E-state index in [2.05, 4.69) is 26.6 Å². The molecule has 0 fully saturated rings. The smallest absolute Gasteiger partial charge is 0.326 e. The molecule has 6 atom stereocenters. The van der Waals surface area contributed by atoms with Gasteiger partial charge in [0, 0.05) is 19.3 Å². The Kier molecular flexibility index (Phi) is 18.9. The van der Waals surface area contributed by atoms with Gasteiger partial charge in [0.2, 0.25) is 35.4 Å². The van der Waals surface area contributed by atoms with E-state index in [1.807, 2.05) is 6.92 Å². The van der Waals surface area contributed by atoms with Crippen LogP contribution in [-0.4, -0.2) is 105 Å². The van der Waals surface area contributed by atoms with Crippen molar-refractivity contribution in [1.82, 2.24) is 26.6 Å². The largest absolute Gasteiger partial charge is 0.481 e. The predicted octanol–water partition coefficient (Wildman–Crippen LogP) is -2.12. The van der Waals surface area contributed by atoms with Crippen LogP contribution in [0.5, 0.6) is 0 Å². The molecule has 19 heteroatoms.